The van der Waals surface area contributed by atoms with E-state index in [1.807, 2.05) is 35.8 Å². The zero-order valence-electron chi connectivity index (χ0n) is 14.9. The van der Waals surface area contributed by atoms with Gasteiger partial charge in [0.25, 0.3) is 0 Å². The predicted octanol–water partition coefficient (Wildman–Crippen LogP) is 2.30. The van der Waals surface area contributed by atoms with E-state index in [0.29, 0.717) is 12.6 Å². The number of piperidine rings is 1. The molecule has 6 heteroatoms. The first-order valence-electron chi connectivity index (χ1n) is 9.31. The summed E-state index contributed by atoms with van der Waals surface area (Å²) in [5, 5.41) is 3.45. The van der Waals surface area contributed by atoms with Gasteiger partial charge in [0, 0.05) is 39.1 Å². The van der Waals surface area contributed by atoms with E-state index in [0.717, 1.165) is 55.8 Å². The van der Waals surface area contributed by atoms with Gasteiger partial charge in [-0.1, -0.05) is 6.07 Å². The van der Waals surface area contributed by atoms with Crippen molar-refractivity contribution in [3.8, 4) is 0 Å². The van der Waals surface area contributed by atoms with Gasteiger partial charge in [-0.05, 0) is 43.7 Å². The number of guanidine groups is 1. The van der Waals surface area contributed by atoms with Crippen LogP contribution in [0, 0.1) is 5.92 Å². The fourth-order valence-electron chi connectivity index (χ4n) is 3.37. The van der Waals surface area contributed by atoms with Crippen molar-refractivity contribution in [2.45, 2.75) is 38.3 Å². The highest BCUT2D eigenvalue weighted by Crippen LogP contribution is 2.30. The van der Waals surface area contributed by atoms with Gasteiger partial charge in [0.2, 0.25) is 0 Å². The van der Waals surface area contributed by atoms with Crippen molar-refractivity contribution in [3.63, 3.8) is 0 Å². The molecule has 6 nitrogen and oxygen atoms in total. The van der Waals surface area contributed by atoms with E-state index in [-0.39, 0.29) is 0 Å². The van der Waals surface area contributed by atoms with Gasteiger partial charge >= 0.3 is 0 Å². The molecular formula is C19H27N5O. The van der Waals surface area contributed by atoms with Crippen LogP contribution >= 0.6 is 0 Å². The van der Waals surface area contributed by atoms with Crippen molar-refractivity contribution in [3.05, 3.63) is 36.3 Å². The van der Waals surface area contributed by atoms with Crippen LogP contribution in [0.1, 0.15) is 31.4 Å². The summed E-state index contributed by atoms with van der Waals surface area (Å²) in [6.45, 7) is 3.65. The molecule has 0 aromatic carbocycles. The maximum absolute atomic E-state index is 6.03. The molecule has 1 N–H and O–H groups in total. The SMILES string of the molecule is CN=C(NCc1cn2ccccc2n1)N1CCC(OCC2CC2)CC1. The number of pyridine rings is 1. The van der Waals surface area contributed by atoms with E-state index >= 15 is 0 Å². The topological polar surface area (TPSA) is 54.2 Å². The molecule has 1 aliphatic heterocycles. The molecule has 25 heavy (non-hydrogen) atoms. The number of nitrogens with zero attached hydrogens (tertiary/aromatic N) is 4. The van der Waals surface area contributed by atoms with Crippen LogP contribution < -0.4 is 5.32 Å². The number of nitrogens with one attached hydrogen (secondary N) is 1. The summed E-state index contributed by atoms with van der Waals surface area (Å²) in [5.41, 5.74) is 2.00. The zero-order valence-corrected chi connectivity index (χ0v) is 14.9. The van der Waals surface area contributed by atoms with Crippen LogP contribution in [0.5, 0.6) is 0 Å². The van der Waals surface area contributed by atoms with Crippen LogP contribution in [0.2, 0.25) is 0 Å². The molecule has 2 aromatic rings. The van der Waals surface area contributed by atoms with E-state index in [9.17, 15) is 0 Å². The fourth-order valence-corrected chi connectivity index (χ4v) is 3.37. The van der Waals surface area contributed by atoms with Gasteiger partial charge in [0.1, 0.15) is 5.65 Å². The summed E-state index contributed by atoms with van der Waals surface area (Å²) in [7, 11) is 1.85. The van der Waals surface area contributed by atoms with Crippen molar-refractivity contribution in [2.75, 3.05) is 26.7 Å². The number of fused-ring (bicyclic) bond motifs is 1. The van der Waals surface area contributed by atoms with Crippen molar-refractivity contribution >= 4 is 11.6 Å². The molecular weight excluding hydrogens is 314 g/mol. The van der Waals surface area contributed by atoms with E-state index < -0.39 is 0 Å². The van der Waals surface area contributed by atoms with Gasteiger partial charge < -0.3 is 19.4 Å². The summed E-state index contributed by atoms with van der Waals surface area (Å²) in [6, 6.07) is 6.04. The molecule has 1 saturated heterocycles. The molecule has 0 amide bonds. The number of hydrogen-bond donors (Lipinski definition) is 1. The molecule has 0 radical (unpaired) electrons. The predicted molar refractivity (Wildman–Crippen MR) is 98.7 cm³/mol. The number of ether oxygens (including phenoxy) is 1. The molecule has 0 atom stereocenters. The van der Waals surface area contributed by atoms with Crippen LogP contribution in [0.25, 0.3) is 5.65 Å². The maximum Gasteiger partial charge on any atom is 0.193 e. The zero-order chi connectivity index (χ0) is 17.1. The second-order valence-electron chi connectivity index (χ2n) is 7.06. The van der Waals surface area contributed by atoms with E-state index in [2.05, 4.69) is 26.4 Å². The van der Waals surface area contributed by atoms with Gasteiger partial charge in [-0.25, -0.2) is 4.98 Å². The Morgan fingerprint density at radius 3 is 2.84 bits per heavy atom. The summed E-state index contributed by atoms with van der Waals surface area (Å²) in [5.74, 6) is 1.80. The highest BCUT2D eigenvalue weighted by atomic mass is 16.5. The lowest BCUT2D eigenvalue weighted by molar-refractivity contribution is 0.0131. The average molecular weight is 341 g/mol. The Labute approximate surface area is 148 Å². The Morgan fingerprint density at radius 2 is 2.12 bits per heavy atom. The Bertz CT molecular complexity index is 695. The van der Waals surface area contributed by atoms with E-state index in [4.69, 9.17) is 4.74 Å². The molecule has 0 spiro atoms. The van der Waals surface area contributed by atoms with Crippen LogP contribution in [-0.4, -0.2) is 53.1 Å². The molecule has 134 valence electrons. The quantitative estimate of drug-likeness (QED) is 0.670. The number of hydrogen-bond acceptors (Lipinski definition) is 3. The number of rotatable bonds is 5. The van der Waals surface area contributed by atoms with Crippen molar-refractivity contribution < 1.29 is 4.74 Å². The molecule has 1 saturated carbocycles. The summed E-state index contributed by atoms with van der Waals surface area (Å²) >= 11 is 0. The van der Waals surface area contributed by atoms with Gasteiger partial charge in [-0.3, -0.25) is 4.99 Å². The van der Waals surface area contributed by atoms with Crippen LogP contribution in [0.3, 0.4) is 0 Å². The standard InChI is InChI=1S/C19H27N5O/c1-20-19(21-12-16-13-24-9-3-2-4-18(24)22-16)23-10-7-17(8-11-23)25-14-15-5-6-15/h2-4,9,13,15,17H,5-8,10-12,14H2,1H3,(H,20,21). The van der Waals surface area contributed by atoms with Crippen molar-refractivity contribution in [1.29, 1.82) is 0 Å². The first-order chi connectivity index (χ1) is 12.3. The minimum absolute atomic E-state index is 0.424. The fraction of sp³-hybridized carbons (Fsp3) is 0.579. The monoisotopic (exact) mass is 341 g/mol. The van der Waals surface area contributed by atoms with Crippen molar-refractivity contribution in [2.24, 2.45) is 10.9 Å². The van der Waals surface area contributed by atoms with Gasteiger partial charge in [0.15, 0.2) is 5.96 Å². The molecule has 2 aliphatic rings. The number of likely N-dealkylation sites (tertiary alicyclic amines) is 1. The van der Waals surface area contributed by atoms with E-state index in [1.165, 1.54) is 12.8 Å². The third-order valence-electron chi connectivity index (χ3n) is 5.06. The third kappa shape index (κ3) is 4.12. The number of imidazole rings is 1. The molecule has 2 aromatic heterocycles. The van der Waals surface area contributed by atoms with Crippen LogP contribution in [-0.2, 0) is 11.3 Å². The minimum atomic E-state index is 0.424. The molecule has 4 rings (SSSR count). The first kappa shape index (κ1) is 16.4. The first-order valence-corrected chi connectivity index (χ1v) is 9.31. The van der Waals surface area contributed by atoms with Gasteiger partial charge in [0.05, 0.1) is 18.3 Å². The second-order valence-corrected chi connectivity index (χ2v) is 7.06. The van der Waals surface area contributed by atoms with Gasteiger partial charge in [-0.15, -0.1) is 0 Å². The molecule has 0 bridgehead atoms. The highest BCUT2D eigenvalue weighted by Gasteiger charge is 2.26. The normalized spacial score (nSPS) is 19.6. The van der Waals surface area contributed by atoms with Crippen LogP contribution in [0.4, 0.5) is 0 Å². The number of aromatic nitrogens is 2. The summed E-state index contributed by atoms with van der Waals surface area (Å²) < 4.78 is 8.08. The van der Waals surface area contributed by atoms with E-state index in [1.54, 1.807) is 0 Å². The Hall–Kier alpha value is -2.08. The molecule has 0 unspecified atom stereocenters. The van der Waals surface area contributed by atoms with Crippen LogP contribution in [0.15, 0.2) is 35.6 Å². The second kappa shape index (κ2) is 7.44. The Balaban J connectivity index is 1.27. The Kier molecular flexibility index (Phi) is 4.88. The van der Waals surface area contributed by atoms with Gasteiger partial charge in [-0.2, -0.15) is 0 Å². The lowest BCUT2D eigenvalue weighted by atomic mass is 10.1. The highest BCUT2D eigenvalue weighted by molar-refractivity contribution is 5.79. The lowest BCUT2D eigenvalue weighted by Crippen LogP contribution is -2.46. The molecule has 1 aliphatic carbocycles. The summed E-state index contributed by atoms with van der Waals surface area (Å²) in [4.78, 5) is 11.4. The van der Waals surface area contributed by atoms with Crippen molar-refractivity contribution in [1.82, 2.24) is 19.6 Å². The summed E-state index contributed by atoms with van der Waals surface area (Å²) in [6.07, 6.45) is 9.40. The smallest absolute Gasteiger partial charge is 0.193 e. The lowest BCUT2D eigenvalue weighted by Gasteiger charge is -2.34. The molecule has 3 heterocycles. The average Bonchev–Trinajstić information content (AvgIpc) is 3.39. The maximum atomic E-state index is 6.03. The number of aliphatic imine (C=N–C) groups is 1. The Morgan fingerprint density at radius 1 is 1.28 bits per heavy atom. The third-order valence-corrected chi connectivity index (χ3v) is 5.06. The minimum Gasteiger partial charge on any atom is -0.378 e. The molecule has 2 fully saturated rings. The largest absolute Gasteiger partial charge is 0.378 e.